The zero-order valence-electron chi connectivity index (χ0n) is 8.16. The van der Waals surface area contributed by atoms with Crippen molar-refractivity contribution in [3.63, 3.8) is 0 Å². The highest BCUT2D eigenvalue weighted by Gasteiger charge is 2.03. The summed E-state index contributed by atoms with van der Waals surface area (Å²) in [5.74, 6) is 5.99. The van der Waals surface area contributed by atoms with Crippen LogP contribution in [0, 0.1) is 13.8 Å². The molecular weight excluding hydrogens is 164 g/mol. The van der Waals surface area contributed by atoms with Gasteiger partial charge in [-0.1, -0.05) is 0 Å². The van der Waals surface area contributed by atoms with Gasteiger partial charge < -0.3 is 10.6 Å². The van der Waals surface area contributed by atoms with Gasteiger partial charge in [0.05, 0.1) is 13.3 Å². The van der Waals surface area contributed by atoms with Crippen LogP contribution in [-0.2, 0) is 0 Å². The van der Waals surface area contributed by atoms with E-state index in [1.54, 1.807) is 13.3 Å². The minimum atomic E-state index is 0.925. The predicted molar refractivity (Wildman–Crippen MR) is 54.2 cm³/mol. The third kappa shape index (κ3) is 1.99. The second kappa shape index (κ2) is 3.94. The molecule has 3 heteroatoms. The Morgan fingerprint density at radius 3 is 2.23 bits per heavy atom. The number of rotatable bonds is 2. The third-order valence-electron chi connectivity index (χ3n) is 1.91. The number of hydrogen-bond donors (Lipinski definition) is 1. The molecule has 0 unspecified atom stereocenters. The number of hydrazone groups is 1. The summed E-state index contributed by atoms with van der Waals surface area (Å²) in [6, 6.07) is 3.98. The first-order valence-corrected chi connectivity index (χ1v) is 4.07. The van der Waals surface area contributed by atoms with Crippen LogP contribution in [0.5, 0.6) is 5.75 Å². The molecule has 0 aliphatic carbocycles. The minimum Gasteiger partial charge on any atom is -0.496 e. The first-order chi connectivity index (χ1) is 6.19. The van der Waals surface area contributed by atoms with Gasteiger partial charge in [-0.05, 0) is 42.7 Å². The number of ether oxygens (including phenoxy) is 1. The largest absolute Gasteiger partial charge is 0.496 e. The van der Waals surface area contributed by atoms with Gasteiger partial charge in [-0.2, -0.15) is 5.10 Å². The van der Waals surface area contributed by atoms with Crippen molar-refractivity contribution >= 4 is 6.21 Å². The van der Waals surface area contributed by atoms with E-state index in [9.17, 15) is 0 Å². The van der Waals surface area contributed by atoms with Gasteiger partial charge in [0.25, 0.3) is 0 Å². The summed E-state index contributed by atoms with van der Waals surface area (Å²) in [5, 5.41) is 3.48. The average molecular weight is 178 g/mol. The molecule has 0 saturated carbocycles. The Hall–Kier alpha value is -1.51. The zero-order valence-corrected chi connectivity index (χ0v) is 8.16. The number of benzene rings is 1. The van der Waals surface area contributed by atoms with Gasteiger partial charge in [0.2, 0.25) is 0 Å². The number of nitrogens with two attached hydrogens (primary N) is 1. The molecule has 0 bridgehead atoms. The highest BCUT2D eigenvalue weighted by Crippen LogP contribution is 2.23. The second-order valence-corrected chi connectivity index (χ2v) is 2.97. The Labute approximate surface area is 78.2 Å². The van der Waals surface area contributed by atoms with Crippen molar-refractivity contribution in [3.8, 4) is 5.75 Å². The summed E-state index contributed by atoms with van der Waals surface area (Å²) in [4.78, 5) is 0. The summed E-state index contributed by atoms with van der Waals surface area (Å²) in [7, 11) is 1.67. The van der Waals surface area contributed by atoms with E-state index >= 15 is 0 Å². The lowest BCUT2D eigenvalue weighted by molar-refractivity contribution is 0.408. The predicted octanol–water partition coefficient (Wildman–Crippen LogP) is 1.60. The fourth-order valence-corrected chi connectivity index (χ4v) is 1.47. The van der Waals surface area contributed by atoms with Gasteiger partial charge in [0, 0.05) is 0 Å². The van der Waals surface area contributed by atoms with E-state index in [1.807, 2.05) is 26.0 Å². The van der Waals surface area contributed by atoms with Gasteiger partial charge in [-0.25, -0.2) is 0 Å². The quantitative estimate of drug-likeness (QED) is 0.425. The molecule has 0 amide bonds. The SMILES string of the molecule is COc1c(C)cc(/C=N/N)cc1C. The van der Waals surface area contributed by atoms with Crippen molar-refractivity contribution < 1.29 is 4.74 Å². The van der Waals surface area contributed by atoms with Crippen molar-refractivity contribution in [3.05, 3.63) is 28.8 Å². The van der Waals surface area contributed by atoms with Crippen molar-refractivity contribution in [1.29, 1.82) is 0 Å². The van der Waals surface area contributed by atoms with Crippen LogP contribution < -0.4 is 10.6 Å². The van der Waals surface area contributed by atoms with Gasteiger partial charge in [0.1, 0.15) is 5.75 Å². The Bertz CT molecular complexity index is 309. The van der Waals surface area contributed by atoms with Crippen LogP contribution in [0.25, 0.3) is 0 Å². The fraction of sp³-hybridized carbons (Fsp3) is 0.300. The molecule has 2 N–H and O–H groups in total. The molecule has 0 aliphatic rings. The molecule has 0 aromatic heterocycles. The van der Waals surface area contributed by atoms with Gasteiger partial charge in [0.15, 0.2) is 0 Å². The van der Waals surface area contributed by atoms with Crippen LogP contribution in [0.3, 0.4) is 0 Å². The van der Waals surface area contributed by atoms with Crippen molar-refractivity contribution in [2.45, 2.75) is 13.8 Å². The summed E-state index contributed by atoms with van der Waals surface area (Å²) < 4.78 is 5.23. The van der Waals surface area contributed by atoms with Crippen molar-refractivity contribution in [2.75, 3.05) is 7.11 Å². The van der Waals surface area contributed by atoms with E-state index in [2.05, 4.69) is 5.10 Å². The molecule has 1 aromatic carbocycles. The van der Waals surface area contributed by atoms with Gasteiger partial charge in [-0.3, -0.25) is 0 Å². The molecule has 3 nitrogen and oxygen atoms in total. The maximum atomic E-state index is 5.23. The Balaban J connectivity index is 3.20. The third-order valence-corrected chi connectivity index (χ3v) is 1.91. The van der Waals surface area contributed by atoms with Crippen LogP contribution >= 0.6 is 0 Å². The monoisotopic (exact) mass is 178 g/mol. The van der Waals surface area contributed by atoms with E-state index in [4.69, 9.17) is 10.6 Å². The molecule has 13 heavy (non-hydrogen) atoms. The molecule has 0 saturated heterocycles. The van der Waals surface area contributed by atoms with E-state index in [-0.39, 0.29) is 0 Å². The topological polar surface area (TPSA) is 47.6 Å². The number of hydrogen-bond acceptors (Lipinski definition) is 3. The molecule has 1 aromatic rings. The minimum absolute atomic E-state index is 0.925. The maximum absolute atomic E-state index is 5.23. The van der Waals surface area contributed by atoms with Crippen LogP contribution in [0.15, 0.2) is 17.2 Å². The summed E-state index contributed by atoms with van der Waals surface area (Å²) in [5.41, 5.74) is 3.19. The smallest absolute Gasteiger partial charge is 0.124 e. The summed E-state index contributed by atoms with van der Waals surface area (Å²) in [6.45, 7) is 4.00. The molecule has 0 aliphatic heterocycles. The Morgan fingerprint density at radius 2 is 1.85 bits per heavy atom. The van der Waals surface area contributed by atoms with Crippen molar-refractivity contribution in [2.24, 2.45) is 10.9 Å². The molecule has 1 rings (SSSR count). The Morgan fingerprint density at radius 1 is 1.31 bits per heavy atom. The number of aryl methyl sites for hydroxylation is 2. The van der Waals surface area contributed by atoms with Gasteiger partial charge >= 0.3 is 0 Å². The molecule has 0 radical (unpaired) electrons. The van der Waals surface area contributed by atoms with Crippen molar-refractivity contribution in [1.82, 2.24) is 0 Å². The summed E-state index contributed by atoms with van der Waals surface area (Å²) in [6.07, 6.45) is 1.62. The lowest BCUT2D eigenvalue weighted by Gasteiger charge is -2.08. The highest BCUT2D eigenvalue weighted by molar-refractivity contribution is 5.80. The average Bonchev–Trinajstić information content (AvgIpc) is 2.04. The van der Waals surface area contributed by atoms with E-state index < -0.39 is 0 Å². The Kier molecular flexibility index (Phi) is 2.90. The lowest BCUT2D eigenvalue weighted by atomic mass is 10.1. The van der Waals surface area contributed by atoms with E-state index in [0.717, 1.165) is 22.4 Å². The number of methoxy groups -OCH3 is 1. The number of nitrogens with zero attached hydrogens (tertiary/aromatic N) is 1. The standard InChI is InChI=1S/C10H14N2O/c1-7-4-9(6-12-11)5-8(2)10(7)13-3/h4-6H,11H2,1-3H3/b12-6+. The van der Waals surface area contributed by atoms with Crippen LogP contribution in [0.2, 0.25) is 0 Å². The van der Waals surface area contributed by atoms with Crippen LogP contribution in [0.4, 0.5) is 0 Å². The highest BCUT2D eigenvalue weighted by atomic mass is 16.5. The first kappa shape index (κ1) is 9.58. The van der Waals surface area contributed by atoms with Gasteiger partial charge in [-0.15, -0.1) is 0 Å². The maximum Gasteiger partial charge on any atom is 0.124 e. The van der Waals surface area contributed by atoms with Crippen LogP contribution in [-0.4, -0.2) is 13.3 Å². The molecule has 0 spiro atoms. The fourth-order valence-electron chi connectivity index (χ4n) is 1.47. The van der Waals surface area contributed by atoms with Crippen LogP contribution in [0.1, 0.15) is 16.7 Å². The molecule has 0 atom stereocenters. The molecular formula is C10H14N2O. The first-order valence-electron chi connectivity index (χ1n) is 4.07. The molecule has 0 fully saturated rings. The second-order valence-electron chi connectivity index (χ2n) is 2.97. The normalized spacial score (nSPS) is 10.7. The zero-order chi connectivity index (χ0) is 9.84. The summed E-state index contributed by atoms with van der Waals surface area (Å²) >= 11 is 0. The molecule has 70 valence electrons. The van der Waals surface area contributed by atoms with E-state index in [0.29, 0.717) is 0 Å². The lowest BCUT2D eigenvalue weighted by Crippen LogP contribution is -1.94. The molecule has 0 heterocycles. The van der Waals surface area contributed by atoms with E-state index in [1.165, 1.54) is 0 Å².